The molecule has 0 bridgehead atoms. The van der Waals surface area contributed by atoms with E-state index < -0.39 is 23.7 Å². The van der Waals surface area contributed by atoms with Crippen molar-refractivity contribution in [2.45, 2.75) is 84.7 Å². The molecular formula is C19H34FN3O3. The number of hydrogen-bond acceptors (Lipinski definition) is 4. The minimum Gasteiger partial charge on any atom is -0.389 e. The molecule has 1 aliphatic heterocycles. The number of aliphatic hydroxyl groups is 1. The molecule has 0 aromatic rings. The van der Waals surface area contributed by atoms with Gasteiger partial charge in [-0.1, -0.05) is 20.8 Å². The number of hydrogen-bond donors (Lipinski definition) is 2. The van der Waals surface area contributed by atoms with Crippen LogP contribution in [-0.4, -0.2) is 65.0 Å². The Kier molecular flexibility index (Phi) is 7.33. The van der Waals surface area contributed by atoms with E-state index in [9.17, 15) is 19.1 Å². The van der Waals surface area contributed by atoms with Crippen LogP contribution in [0.4, 0.5) is 4.39 Å². The maximum absolute atomic E-state index is 13.9. The first-order valence-electron chi connectivity index (χ1n) is 9.19. The molecule has 7 heteroatoms. The summed E-state index contributed by atoms with van der Waals surface area (Å²) in [5.74, 6) is -1.10. The zero-order valence-electron chi connectivity index (χ0n) is 17.1. The number of β-amino-alcohol motifs (C(OH)–C–C–N with tert-alkyl or cyclic N) is 1. The highest BCUT2D eigenvalue weighted by molar-refractivity contribution is 5.93. The second kappa shape index (κ2) is 8.46. The van der Waals surface area contributed by atoms with Crippen LogP contribution >= 0.6 is 0 Å². The Bertz CT molecular complexity index is 549. The summed E-state index contributed by atoms with van der Waals surface area (Å²) in [7, 11) is 1.77. The van der Waals surface area contributed by atoms with Crippen LogP contribution in [-0.2, 0) is 9.59 Å². The van der Waals surface area contributed by atoms with E-state index >= 15 is 0 Å². The molecule has 0 aromatic carbocycles. The monoisotopic (exact) mass is 371 g/mol. The average Bonchev–Trinajstić information content (AvgIpc) is 2.73. The number of nitrogens with one attached hydrogen (secondary N) is 1. The Morgan fingerprint density at radius 1 is 1.38 bits per heavy atom. The summed E-state index contributed by atoms with van der Waals surface area (Å²) in [5, 5.41) is 12.8. The SMILES string of the molecule is C/N=C(/CCC(C)NC(=O)[C@H]1C[C@@H](F)C(=O)N1CC(C)(C)O)C(C)(C)C. The lowest BCUT2D eigenvalue weighted by molar-refractivity contribution is -0.140. The molecule has 150 valence electrons. The lowest BCUT2D eigenvalue weighted by atomic mass is 9.86. The molecule has 6 nitrogen and oxygen atoms in total. The van der Waals surface area contributed by atoms with E-state index in [0.717, 1.165) is 17.0 Å². The summed E-state index contributed by atoms with van der Waals surface area (Å²) >= 11 is 0. The average molecular weight is 371 g/mol. The molecule has 1 unspecified atom stereocenters. The predicted molar refractivity (Wildman–Crippen MR) is 101 cm³/mol. The molecule has 26 heavy (non-hydrogen) atoms. The number of carbonyl (C=O) groups is 2. The zero-order chi connectivity index (χ0) is 20.3. The fourth-order valence-corrected chi connectivity index (χ4v) is 3.20. The number of carbonyl (C=O) groups excluding carboxylic acids is 2. The third-order valence-corrected chi connectivity index (χ3v) is 4.56. The lowest BCUT2D eigenvalue weighted by Crippen LogP contribution is -2.51. The molecule has 0 saturated carbocycles. The number of rotatable bonds is 7. The Morgan fingerprint density at radius 2 is 1.96 bits per heavy atom. The number of nitrogens with zero attached hydrogens (tertiary/aromatic N) is 2. The molecule has 2 amide bonds. The largest absolute Gasteiger partial charge is 0.389 e. The van der Waals surface area contributed by atoms with Crippen LogP contribution in [0, 0.1) is 5.41 Å². The van der Waals surface area contributed by atoms with E-state index in [2.05, 4.69) is 31.1 Å². The third kappa shape index (κ3) is 6.34. The summed E-state index contributed by atoms with van der Waals surface area (Å²) in [5.41, 5.74) is -0.146. The molecule has 3 atom stereocenters. The molecule has 1 heterocycles. The van der Waals surface area contributed by atoms with E-state index in [0.29, 0.717) is 6.42 Å². The molecule has 2 N–H and O–H groups in total. The first-order valence-corrected chi connectivity index (χ1v) is 9.19. The molecule has 0 spiro atoms. The van der Waals surface area contributed by atoms with Crippen LogP contribution in [0.5, 0.6) is 0 Å². The van der Waals surface area contributed by atoms with Crippen molar-refractivity contribution in [2.75, 3.05) is 13.6 Å². The van der Waals surface area contributed by atoms with Gasteiger partial charge in [0.15, 0.2) is 6.17 Å². The van der Waals surface area contributed by atoms with Crippen LogP contribution in [0.1, 0.15) is 60.8 Å². The van der Waals surface area contributed by atoms with Crippen molar-refractivity contribution in [3.8, 4) is 0 Å². The Hall–Kier alpha value is -1.50. The maximum atomic E-state index is 13.9. The fourth-order valence-electron chi connectivity index (χ4n) is 3.20. The van der Waals surface area contributed by atoms with Gasteiger partial charge in [0.25, 0.3) is 5.91 Å². The van der Waals surface area contributed by atoms with Crippen LogP contribution < -0.4 is 5.32 Å². The number of amides is 2. The van der Waals surface area contributed by atoms with Crippen LogP contribution in [0.2, 0.25) is 0 Å². The summed E-state index contributed by atoms with van der Waals surface area (Å²) in [6, 6.07) is -1.01. The van der Waals surface area contributed by atoms with E-state index in [1.54, 1.807) is 7.05 Å². The zero-order valence-corrected chi connectivity index (χ0v) is 17.1. The Balaban J connectivity index is 2.69. The van der Waals surface area contributed by atoms with Gasteiger partial charge in [0.1, 0.15) is 6.04 Å². The van der Waals surface area contributed by atoms with Gasteiger partial charge in [-0.2, -0.15) is 0 Å². The highest BCUT2D eigenvalue weighted by Crippen LogP contribution is 2.25. The number of likely N-dealkylation sites (tertiary alicyclic amines) is 1. The van der Waals surface area contributed by atoms with Gasteiger partial charge in [0.2, 0.25) is 5.91 Å². The van der Waals surface area contributed by atoms with Gasteiger partial charge in [0.05, 0.1) is 5.60 Å². The standard InChI is InChI=1S/C19H34FN3O3/c1-12(8-9-15(21-7)18(2,3)4)22-16(24)14-10-13(20)17(25)23(14)11-19(5,6)26/h12-14,26H,8-11H2,1-7H3,(H,22,24)/b21-15-/t12?,13-,14-/m1/s1. The molecular weight excluding hydrogens is 337 g/mol. The highest BCUT2D eigenvalue weighted by Gasteiger charge is 2.45. The Morgan fingerprint density at radius 3 is 2.42 bits per heavy atom. The quantitative estimate of drug-likeness (QED) is 0.673. The van der Waals surface area contributed by atoms with Crippen molar-refractivity contribution in [1.82, 2.24) is 10.2 Å². The summed E-state index contributed by atoms with van der Waals surface area (Å²) in [6.07, 6.45) is -0.398. The minimum atomic E-state index is -1.69. The minimum absolute atomic E-state index is 0.0265. The van der Waals surface area contributed by atoms with Gasteiger partial charge in [-0.05, 0) is 39.0 Å². The lowest BCUT2D eigenvalue weighted by Gasteiger charge is -2.30. The van der Waals surface area contributed by atoms with E-state index in [4.69, 9.17) is 0 Å². The van der Waals surface area contributed by atoms with Crippen LogP contribution in [0.25, 0.3) is 0 Å². The van der Waals surface area contributed by atoms with Crippen LogP contribution in [0.3, 0.4) is 0 Å². The van der Waals surface area contributed by atoms with Gasteiger partial charge < -0.3 is 15.3 Å². The number of aliphatic imine (C=N–C) groups is 1. The van der Waals surface area contributed by atoms with Gasteiger partial charge >= 0.3 is 0 Å². The van der Waals surface area contributed by atoms with E-state index in [-0.39, 0.29) is 30.3 Å². The topological polar surface area (TPSA) is 82.0 Å². The molecule has 1 fully saturated rings. The summed E-state index contributed by atoms with van der Waals surface area (Å²) in [6.45, 7) is 11.2. The Labute approximate surface area is 156 Å². The molecule has 1 aliphatic rings. The van der Waals surface area contributed by atoms with Gasteiger partial charge in [0, 0.05) is 31.8 Å². The highest BCUT2D eigenvalue weighted by atomic mass is 19.1. The number of halogens is 1. The normalized spacial score (nSPS) is 23.3. The summed E-state index contributed by atoms with van der Waals surface area (Å²) in [4.78, 5) is 30.1. The van der Waals surface area contributed by atoms with Crippen LogP contribution in [0.15, 0.2) is 4.99 Å². The van der Waals surface area contributed by atoms with Crippen molar-refractivity contribution in [1.29, 1.82) is 0 Å². The smallest absolute Gasteiger partial charge is 0.257 e. The van der Waals surface area contributed by atoms with Crippen molar-refractivity contribution in [2.24, 2.45) is 10.4 Å². The molecule has 0 aromatic heterocycles. The fraction of sp³-hybridized carbons (Fsp3) is 0.842. The maximum Gasteiger partial charge on any atom is 0.257 e. The van der Waals surface area contributed by atoms with Crippen molar-refractivity contribution in [3.05, 3.63) is 0 Å². The molecule has 1 saturated heterocycles. The van der Waals surface area contributed by atoms with Gasteiger partial charge in [-0.15, -0.1) is 0 Å². The molecule has 1 rings (SSSR count). The molecule has 0 aliphatic carbocycles. The van der Waals surface area contributed by atoms with Crippen molar-refractivity contribution >= 4 is 17.5 Å². The number of alkyl halides is 1. The second-order valence-electron chi connectivity index (χ2n) is 8.87. The van der Waals surface area contributed by atoms with E-state index in [1.165, 1.54) is 13.8 Å². The summed E-state index contributed by atoms with van der Waals surface area (Å²) < 4.78 is 13.9. The second-order valence-corrected chi connectivity index (χ2v) is 8.87. The van der Waals surface area contributed by atoms with Gasteiger partial charge in [-0.3, -0.25) is 14.6 Å². The van der Waals surface area contributed by atoms with Crippen molar-refractivity contribution < 1.29 is 19.1 Å². The molecule has 0 radical (unpaired) electrons. The van der Waals surface area contributed by atoms with Gasteiger partial charge in [-0.25, -0.2) is 4.39 Å². The predicted octanol–water partition coefficient (Wildman–Crippen LogP) is 2.10. The van der Waals surface area contributed by atoms with E-state index in [1.807, 2.05) is 6.92 Å². The third-order valence-electron chi connectivity index (χ3n) is 4.56. The van der Waals surface area contributed by atoms with Crippen molar-refractivity contribution in [3.63, 3.8) is 0 Å². The first kappa shape index (κ1) is 22.5. The first-order chi connectivity index (χ1) is 11.8.